The van der Waals surface area contributed by atoms with Crippen molar-refractivity contribution < 1.29 is 24.1 Å². The molecule has 0 bridgehead atoms. The summed E-state index contributed by atoms with van der Waals surface area (Å²) >= 11 is 0. The number of rotatable bonds is 5. The van der Waals surface area contributed by atoms with Gasteiger partial charge in [0, 0.05) is 26.1 Å². The molecule has 0 aromatic heterocycles. The quantitative estimate of drug-likeness (QED) is 0.736. The lowest BCUT2D eigenvalue weighted by Gasteiger charge is -2.27. The number of aliphatic hydroxyl groups is 2. The highest BCUT2D eigenvalue weighted by atomic mass is 19.2. The van der Waals surface area contributed by atoms with Gasteiger partial charge in [-0.1, -0.05) is 18.2 Å². The van der Waals surface area contributed by atoms with Gasteiger partial charge < -0.3 is 15.3 Å². The van der Waals surface area contributed by atoms with E-state index in [4.69, 9.17) is 0 Å². The standard InChI is InChI=1S/C22H25F2NO3/c23-19-6-1-14(7-20(19)24)8-22(28)9-16-11-25(12-17(16)10-22)13-21(27)15-2-4-18(26)5-3-15/h1-7,16-17,21,26-28H,8-13H2/t16-,17+,21?,22-. The number of likely N-dealkylation sites (tertiary alicyclic amines) is 1. The van der Waals surface area contributed by atoms with Crippen LogP contribution in [0.1, 0.15) is 30.1 Å². The monoisotopic (exact) mass is 389 g/mol. The van der Waals surface area contributed by atoms with E-state index in [0.29, 0.717) is 43.2 Å². The second-order valence-electron chi connectivity index (χ2n) is 8.40. The van der Waals surface area contributed by atoms with Crippen molar-refractivity contribution in [1.82, 2.24) is 4.90 Å². The third-order valence-corrected chi connectivity index (χ3v) is 6.16. The van der Waals surface area contributed by atoms with Crippen LogP contribution in [0.15, 0.2) is 42.5 Å². The van der Waals surface area contributed by atoms with E-state index in [0.717, 1.165) is 24.7 Å². The van der Waals surface area contributed by atoms with Gasteiger partial charge in [0.2, 0.25) is 0 Å². The Kier molecular flexibility index (Phi) is 5.12. The van der Waals surface area contributed by atoms with Gasteiger partial charge in [0.05, 0.1) is 11.7 Å². The first-order valence-electron chi connectivity index (χ1n) is 9.67. The lowest BCUT2D eigenvalue weighted by atomic mass is 9.91. The number of hydrogen-bond acceptors (Lipinski definition) is 4. The fourth-order valence-corrected chi connectivity index (χ4v) is 4.93. The molecule has 0 spiro atoms. The summed E-state index contributed by atoms with van der Waals surface area (Å²) in [6.07, 6.45) is 0.957. The molecular formula is C22H25F2NO3. The first-order valence-corrected chi connectivity index (χ1v) is 9.67. The van der Waals surface area contributed by atoms with E-state index in [2.05, 4.69) is 4.90 Å². The molecule has 4 atom stereocenters. The average molecular weight is 389 g/mol. The van der Waals surface area contributed by atoms with Crippen LogP contribution >= 0.6 is 0 Å². The summed E-state index contributed by atoms with van der Waals surface area (Å²) in [6, 6.07) is 10.4. The minimum atomic E-state index is -0.888. The molecule has 2 aliphatic rings. The third-order valence-electron chi connectivity index (χ3n) is 6.16. The van der Waals surface area contributed by atoms with Crippen molar-refractivity contribution in [3.8, 4) is 5.75 Å². The zero-order chi connectivity index (χ0) is 19.9. The summed E-state index contributed by atoms with van der Waals surface area (Å²) < 4.78 is 26.6. The van der Waals surface area contributed by atoms with Crippen LogP contribution in [0.2, 0.25) is 0 Å². The highest BCUT2D eigenvalue weighted by Crippen LogP contribution is 2.45. The normalized spacial score (nSPS) is 28.4. The fourth-order valence-electron chi connectivity index (χ4n) is 4.93. The molecule has 6 heteroatoms. The molecule has 1 aliphatic carbocycles. The van der Waals surface area contributed by atoms with Crippen LogP contribution in [-0.4, -0.2) is 45.5 Å². The van der Waals surface area contributed by atoms with Crippen molar-refractivity contribution in [2.45, 2.75) is 31.0 Å². The number of β-amino-alcohol motifs (C(OH)–C–C–N with tert-alkyl or cyclic N) is 1. The van der Waals surface area contributed by atoms with E-state index in [1.807, 2.05) is 0 Å². The summed E-state index contributed by atoms with van der Waals surface area (Å²) in [7, 11) is 0. The van der Waals surface area contributed by atoms with Crippen molar-refractivity contribution >= 4 is 0 Å². The number of phenolic OH excluding ortho intramolecular Hbond substituents is 1. The zero-order valence-corrected chi connectivity index (χ0v) is 15.6. The lowest BCUT2D eigenvalue weighted by molar-refractivity contribution is 0.0327. The van der Waals surface area contributed by atoms with Crippen LogP contribution in [0.25, 0.3) is 0 Å². The number of hydrogen-bond donors (Lipinski definition) is 3. The Morgan fingerprint density at radius 3 is 2.25 bits per heavy atom. The van der Waals surface area contributed by atoms with Gasteiger partial charge >= 0.3 is 0 Å². The van der Waals surface area contributed by atoms with E-state index < -0.39 is 23.3 Å². The topological polar surface area (TPSA) is 63.9 Å². The molecular weight excluding hydrogens is 364 g/mol. The number of fused-ring (bicyclic) bond motifs is 1. The number of phenols is 1. The zero-order valence-electron chi connectivity index (χ0n) is 15.6. The van der Waals surface area contributed by atoms with Gasteiger partial charge in [-0.3, -0.25) is 4.90 Å². The largest absolute Gasteiger partial charge is 0.508 e. The van der Waals surface area contributed by atoms with Crippen LogP contribution in [0, 0.1) is 23.5 Å². The smallest absolute Gasteiger partial charge is 0.159 e. The molecule has 1 unspecified atom stereocenters. The van der Waals surface area contributed by atoms with Crippen LogP contribution in [0.3, 0.4) is 0 Å². The number of aromatic hydroxyl groups is 1. The molecule has 4 nitrogen and oxygen atoms in total. The molecule has 1 aliphatic heterocycles. The van der Waals surface area contributed by atoms with Gasteiger partial charge in [0.1, 0.15) is 5.75 Å². The van der Waals surface area contributed by atoms with Crippen LogP contribution in [-0.2, 0) is 6.42 Å². The fraction of sp³-hybridized carbons (Fsp3) is 0.455. The molecule has 2 aromatic rings. The van der Waals surface area contributed by atoms with E-state index in [9.17, 15) is 24.1 Å². The Hall–Kier alpha value is -2.02. The number of aliphatic hydroxyl groups excluding tert-OH is 1. The summed E-state index contributed by atoms with van der Waals surface area (Å²) in [4.78, 5) is 2.21. The Labute approximate surface area is 163 Å². The van der Waals surface area contributed by atoms with Crippen molar-refractivity contribution in [3.05, 3.63) is 65.2 Å². The van der Waals surface area contributed by atoms with Crippen LogP contribution in [0.4, 0.5) is 8.78 Å². The van der Waals surface area contributed by atoms with Crippen molar-refractivity contribution in [2.24, 2.45) is 11.8 Å². The van der Waals surface area contributed by atoms with Gasteiger partial charge in [-0.05, 0) is 60.1 Å². The molecule has 3 N–H and O–H groups in total. The SMILES string of the molecule is Oc1ccc(C(O)CN2C[C@@H]3C[C@@](O)(Cc4ccc(F)c(F)c4)C[C@@H]3C2)cc1. The molecule has 28 heavy (non-hydrogen) atoms. The van der Waals surface area contributed by atoms with Crippen LogP contribution in [0.5, 0.6) is 5.75 Å². The number of halogens is 2. The van der Waals surface area contributed by atoms with Gasteiger partial charge in [-0.2, -0.15) is 0 Å². The highest BCUT2D eigenvalue weighted by Gasteiger charge is 2.48. The maximum Gasteiger partial charge on any atom is 0.159 e. The highest BCUT2D eigenvalue weighted by molar-refractivity contribution is 5.27. The molecule has 1 saturated carbocycles. The van der Waals surface area contributed by atoms with E-state index in [-0.39, 0.29) is 5.75 Å². The van der Waals surface area contributed by atoms with Crippen molar-refractivity contribution in [2.75, 3.05) is 19.6 Å². The molecule has 1 heterocycles. The summed E-state index contributed by atoms with van der Waals surface area (Å²) in [5.74, 6) is -0.910. The minimum Gasteiger partial charge on any atom is -0.508 e. The lowest BCUT2D eigenvalue weighted by Crippen LogP contribution is -2.33. The van der Waals surface area contributed by atoms with Gasteiger partial charge in [-0.25, -0.2) is 8.78 Å². The Morgan fingerprint density at radius 2 is 1.64 bits per heavy atom. The molecule has 0 amide bonds. The van der Waals surface area contributed by atoms with E-state index in [1.165, 1.54) is 12.1 Å². The summed E-state index contributed by atoms with van der Waals surface area (Å²) in [5, 5.41) is 30.8. The maximum atomic E-state index is 13.4. The van der Waals surface area contributed by atoms with E-state index in [1.54, 1.807) is 24.3 Å². The predicted molar refractivity (Wildman–Crippen MR) is 101 cm³/mol. The predicted octanol–water partition coefficient (Wildman–Crippen LogP) is 3.02. The Bertz CT molecular complexity index is 828. The number of benzene rings is 2. The third kappa shape index (κ3) is 4.04. The molecule has 150 valence electrons. The first kappa shape index (κ1) is 19.3. The van der Waals surface area contributed by atoms with Crippen LogP contribution < -0.4 is 0 Å². The molecule has 2 aromatic carbocycles. The first-order chi connectivity index (χ1) is 13.3. The summed E-state index contributed by atoms with van der Waals surface area (Å²) in [5.41, 5.74) is 0.493. The summed E-state index contributed by atoms with van der Waals surface area (Å²) in [6.45, 7) is 2.12. The van der Waals surface area contributed by atoms with Gasteiger partial charge in [0.25, 0.3) is 0 Å². The van der Waals surface area contributed by atoms with Gasteiger partial charge in [0.15, 0.2) is 11.6 Å². The number of nitrogens with zero attached hydrogens (tertiary/aromatic N) is 1. The molecule has 1 saturated heterocycles. The molecule has 2 fully saturated rings. The maximum absolute atomic E-state index is 13.4. The average Bonchev–Trinajstić information content (AvgIpc) is 3.12. The van der Waals surface area contributed by atoms with Gasteiger partial charge in [-0.15, -0.1) is 0 Å². The molecule has 0 radical (unpaired) electrons. The van der Waals surface area contributed by atoms with Crippen molar-refractivity contribution in [3.63, 3.8) is 0 Å². The Morgan fingerprint density at radius 1 is 1.00 bits per heavy atom. The molecule has 4 rings (SSSR count). The second-order valence-corrected chi connectivity index (χ2v) is 8.40. The Balaban J connectivity index is 1.33. The second kappa shape index (κ2) is 7.43. The minimum absolute atomic E-state index is 0.173. The van der Waals surface area contributed by atoms with E-state index >= 15 is 0 Å². The van der Waals surface area contributed by atoms with Crippen molar-refractivity contribution in [1.29, 1.82) is 0 Å².